The maximum absolute atomic E-state index is 14.2. The van der Waals surface area contributed by atoms with Crippen LogP contribution in [0, 0.1) is 5.82 Å². The van der Waals surface area contributed by atoms with Gasteiger partial charge in [0.15, 0.2) is 0 Å². The van der Waals surface area contributed by atoms with Crippen LogP contribution in [0.3, 0.4) is 0 Å². The van der Waals surface area contributed by atoms with Gasteiger partial charge in [-0.1, -0.05) is 45.7 Å². The minimum Gasteiger partial charge on any atom is -0.350 e. The van der Waals surface area contributed by atoms with E-state index in [1.54, 1.807) is 13.0 Å². The van der Waals surface area contributed by atoms with E-state index in [0.717, 1.165) is 10.0 Å². The van der Waals surface area contributed by atoms with Crippen molar-refractivity contribution in [3.05, 3.63) is 68.9 Å². The van der Waals surface area contributed by atoms with Crippen molar-refractivity contribution in [1.82, 2.24) is 10.2 Å². The van der Waals surface area contributed by atoms with Crippen LogP contribution in [-0.2, 0) is 22.6 Å². The molecule has 0 bridgehead atoms. The molecule has 156 valence electrons. The van der Waals surface area contributed by atoms with E-state index in [1.165, 1.54) is 17.0 Å². The molecule has 29 heavy (non-hydrogen) atoms. The molecule has 2 aromatic carbocycles. The fourth-order valence-electron chi connectivity index (χ4n) is 2.80. The Balaban J connectivity index is 2.30. The van der Waals surface area contributed by atoms with Gasteiger partial charge in [-0.05, 0) is 57.5 Å². The molecule has 2 amide bonds. The Morgan fingerprint density at radius 3 is 2.34 bits per heavy atom. The molecular formula is C22H25BrClFN2O2. The highest BCUT2D eigenvalue weighted by Gasteiger charge is 2.29. The second kappa shape index (κ2) is 9.72. The van der Waals surface area contributed by atoms with Gasteiger partial charge in [0.05, 0.1) is 6.42 Å². The fraction of sp³-hybridized carbons (Fsp3) is 0.364. The van der Waals surface area contributed by atoms with Gasteiger partial charge in [-0.25, -0.2) is 4.39 Å². The van der Waals surface area contributed by atoms with Crippen LogP contribution in [0.5, 0.6) is 0 Å². The topological polar surface area (TPSA) is 49.4 Å². The highest BCUT2D eigenvalue weighted by atomic mass is 79.9. The van der Waals surface area contributed by atoms with Crippen LogP contribution >= 0.6 is 27.5 Å². The summed E-state index contributed by atoms with van der Waals surface area (Å²) in [4.78, 5) is 27.3. The van der Waals surface area contributed by atoms with Crippen molar-refractivity contribution in [1.29, 1.82) is 0 Å². The molecule has 0 aliphatic heterocycles. The van der Waals surface area contributed by atoms with Crippen molar-refractivity contribution in [3.8, 4) is 0 Å². The molecule has 4 nitrogen and oxygen atoms in total. The lowest BCUT2D eigenvalue weighted by molar-refractivity contribution is -0.140. The van der Waals surface area contributed by atoms with E-state index in [0.29, 0.717) is 0 Å². The third kappa shape index (κ3) is 6.82. The van der Waals surface area contributed by atoms with Crippen molar-refractivity contribution < 1.29 is 14.0 Å². The summed E-state index contributed by atoms with van der Waals surface area (Å²) in [5.74, 6) is -1.19. The molecule has 7 heteroatoms. The molecule has 0 aliphatic carbocycles. The first-order valence-corrected chi connectivity index (χ1v) is 10.4. The number of hydrogen-bond donors (Lipinski definition) is 1. The number of amides is 2. The van der Waals surface area contributed by atoms with E-state index in [-0.39, 0.29) is 35.4 Å². The summed E-state index contributed by atoms with van der Waals surface area (Å²) < 4.78 is 15.1. The molecule has 1 atom stereocenters. The number of halogens is 3. The molecule has 0 saturated heterocycles. The molecular weight excluding hydrogens is 459 g/mol. The normalized spacial score (nSPS) is 12.4. The van der Waals surface area contributed by atoms with Crippen LogP contribution in [0.25, 0.3) is 0 Å². The Morgan fingerprint density at radius 2 is 1.79 bits per heavy atom. The van der Waals surface area contributed by atoms with E-state index in [2.05, 4.69) is 21.2 Å². The number of carbonyl (C=O) groups excluding carboxylic acids is 2. The van der Waals surface area contributed by atoms with Crippen molar-refractivity contribution in [3.63, 3.8) is 0 Å². The molecule has 0 aliphatic rings. The molecule has 0 unspecified atom stereocenters. The minimum atomic E-state index is -0.740. The zero-order chi connectivity index (χ0) is 21.8. The minimum absolute atomic E-state index is 0.128. The van der Waals surface area contributed by atoms with E-state index < -0.39 is 17.4 Å². The lowest BCUT2D eigenvalue weighted by atomic mass is 10.1. The molecule has 2 rings (SSSR count). The summed E-state index contributed by atoms with van der Waals surface area (Å²) in [6.45, 7) is 7.50. The number of nitrogens with zero attached hydrogens (tertiary/aromatic N) is 1. The zero-order valence-corrected chi connectivity index (χ0v) is 19.3. The van der Waals surface area contributed by atoms with Gasteiger partial charge in [0.2, 0.25) is 11.8 Å². The van der Waals surface area contributed by atoms with E-state index in [1.807, 2.05) is 45.0 Å². The molecule has 0 radical (unpaired) electrons. The first-order chi connectivity index (χ1) is 13.5. The van der Waals surface area contributed by atoms with E-state index >= 15 is 0 Å². The van der Waals surface area contributed by atoms with Crippen molar-refractivity contribution >= 4 is 39.3 Å². The summed E-state index contributed by atoms with van der Waals surface area (Å²) in [5, 5.41) is 3.08. The molecule has 0 heterocycles. The molecule has 0 aromatic heterocycles. The molecule has 0 fully saturated rings. The predicted octanol–water partition coefficient (Wildman–Crippen LogP) is 5.12. The average molecular weight is 484 g/mol. The molecule has 2 aromatic rings. The first kappa shape index (κ1) is 23.4. The first-order valence-electron chi connectivity index (χ1n) is 9.27. The second-order valence-corrected chi connectivity index (χ2v) is 9.26. The summed E-state index contributed by atoms with van der Waals surface area (Å²) in [7, 11) is 0. The van der Waals surface area contributed by atoms with Gasteiger partial charge in [-0.15, -0.1) is 0 Å². The highest BCUT2D eigenvalue weighted by Crippen LogP contribution is 2.22. The van der Waals surface area contributed by atoms with Gasteiger partial charge in [0.1, 0.15) is 11.9 Å². The van der Waals surface area contributed by atoms with Crippen LogP contribution in [-0.4, -0.2) is 28.3 Å². The quantitative estimate of drug-likeness (QED) is 0.620. The van der Waals surface area contributed by atoms with Crippen molar-refractivity contribution in [2.75, 3.05) is 0 Å². The average Bonchev–Trinajstić information content (AvgIpc) is 2.62. The standard InChI is InChI=1S/C22H25BrClFN2O2/c1-14(21(29)26-22(2,3)4)27(13-15-8-10-16(23)11-9-15)20(28)12-17-18(24)6-5-7-19(17)25/h5-11,14H,12-13H2,1-4H3,(H,26,29)/t14-/m0/s1. The van der Waals surface area contributed by atoms with Crippen molar-refractivity contribution in [2.24, 2.45) is 0 Å². The number of benzene rings is 2. The molecule has 1 N–H and O–H groups in total. The van der Waals surface area contributed by atoms with Crippen LogP contribution in [0.15, 0.2) is 46.9 Å². The SMILES string of the molecule is C[C@@H](C(=O)NC(C)(C)C)N(Cc1ccc(Br)cc1)C(=O)Cc1c(F)cccc1Cl. The third-order valence-corrected chi connectivity index (χ3v) is 5.20. The maximum Gasteiger partial charge on any atom is 0.242 e. The summed E-state index contributed by atoms with van der Waals surface area (Å²) in [6, 6.07) is 11.0. The number of nitrogens with one attached hydrogen (secondary N) is 1. The van der Waals surface area contributed by atoms with Gasteiger partial charge in [-0.3, -0.25) is 9.59 Å². The fourth-order valence-corrected chi connectivity index (χ4v) is 3.29. The lowest BCUT2D eigenvalue weighted by Crippen LogP contribution is -2.52. The van der Waals surface area contributed by atoms with E-state index in [9.17, 15) is 14.0 Å². The molecule has 0 saturated carbocycles. The van der Waals surface area contributed by atoms with Gasteiger partial charge in [0, 0.05) is 27.1 Å². The number of rotatable bonds is 6. The summed E-state index contributed by atoms with van der Waals surface area (Å²) >= 11 is 9.47. The van der Waals surface area contributed by atoms with Gasteiger partial charge >= 0.3 is 0 Å². The largest absolute Gasteiger partial charge is 0.350 e. The smallest absolute Gasteiger partial charge is 0.242 e. The number of carbonyl (C=O) groups is 2. The Labute approximate surface area is 184 Å². The van der Waals surface area contributed by atoms with Crippen LogP contribution in [0.1, 0.15) is 38.8 Å². The Bertz CT molecular complexity index is 861. The Morgan fingerprint density at radius 1 is 1.17 bits per heavy atom. The predicted molar refractivity (Wildman–Crippen MR) is 117 cm³/mol. The number of hydrogen-bond acceptors (Lipinski definition) is 2. The third-order valence-electron chi connectivity index (χ3n) is 4.32. The highest BCUT2D eigenvalue weighted by molar-refractivity contribution is 9.10. The van der Waals surface area contributed by atoms with Gasteiger partial charge in [0.25, 0.3) is 0 Å². The van der Waals surface area contributed by atoms with Gasteiger partial charge < -0.3 is 10.2 Å². The van der Waals surface area contributed by atoms with Gasteiger partial charge in [-0.2, -0.15) is 0 Å². The van der Waals surface area contributed by atoms with Crippen LogP contribution in [0.2, 0.25) is 5.02 Å². The zero-order valence-electron chi connectivity index (χ0n) is 16.9. The summed E-state index contributed by atoms with van der Waals surface area (Å²) in [5.41, 5.74) is 0.548. The molecule has 0 spiro atoms. The lowest BCUT2D eigenvalue weighted by Gasteiger charge is -2.31. The monoisotopic (exact) mass is 482 g/mol. The Kier molecular flexibility index (Phi) is 7.83. The van der Waals surface area contributed by atoms with Crippen LogP contribution in [0.4, 0.5) is 4.39 Å². The van der Waals surface area contributed by atoms with Crippen LogP contribution < -0.4 is 5.32 Å². The second-order valence-electron chi connectivity index (χ2n) is 7.94. The Hall–Kier alpha value is -1.92. The maximum atomic E-state index is 14.2. The van der Waals surface area contributed by atoms with Crippen molar-refractivity contribution in [2.45, 2.75) is 52.2 Å². The van der Waals surface area contributed by atoms with E-state index in [4.69, 9.17) is 11.6 Å². The summed E-state index contributed by atoms with van der Waals surface area (Å²) in [6.07, 6.45) is -0.227.